The van der Waals surface area contributed by atoms with Crippen LogP contribution in [0.1, 0.15) is 0 Å². The van der Waals surface area contributed by atoms with Crippen LogP contribution in [-0.4, -0.2) is 33.3 Å². The van der Waals surface area contributed by atoms with E-state index < -0.39 is 3.79 Å². The molecule has 0 rings (SSSR count). The number of alkyl halides is 3. The Bertz CT molecular complexity index is 51.4. The first-order chi connectivity index (χ1) is 3.06. The standard InChI is InChI=1S/C2H2Cl3O.Sn.H/c3-2(4,5)1-6;;/h1H2;;/q-1;+1;. The van der Waals surface area contributed by atoms with Crippen LogP contribution >= 0.6 is 34.8 Å². The fraction of sp³-hybridized carbons (Fsp3) is 1.00. The summed E-state index contributed by atoms with van der Waals surface area (Å²) >= 11 is 16.5. The first-order valence-corrected chi connectivity index (χ1v) is 3.92. The quantitative estimate of drug-likeness (QED) is 0.512. The third-order valence-corrected chi connectivity index (χ3v) is 1.05. The molecule has 1 nitrogen and oxygen atoms in total. The molecule has 2 radical (unpaired) electrons. The molecule has 42 valence electrons. The van der Waals surface area contributed by atoms with E-state index in [1.807, 2.05) is 0 Å². The van der Waals surface area contributed by atoms with Gasteiger partial charge in [-0.15, -0.1) is 0 Å². The number of hydrogen-bond donors (Lipinski definition) is 0. The third kappa shape index (κ3) is 7.63. The molecule has 7 heavy (non-hydrogen) atoms. The molecule has 0 heterocycles. The van der Waals surface area contributed by atoms with Gasteiger partial charge in [-0.05, 0) is 0 Å². The fourth-order valence-electron chi connectivity index (χ4n) is 0.0945. The first kappa shape index (κ1) is 8.63. The van der Waals surface area contributed by atoms with Crippen LogP contribution in [0.2, 0.25) is 0 Å². The van der Waals surface area contributed by atoms with Crippen molar-refractivity contribution in [2.75, 3.05) is 6.61 Å². The van der Waals surface area contributed by atoms with Gasteiger partial charge < -0.3 is 0 Å². The van der Waals surface area contributed by atoms with Crippen molar-refractivity contribution in [1.29, 1.82) is 0 Å². The molecular formula is C2H3Cl3OSn. The van der Waals surface area contributed by atoms with Gasteiger partial charge in [-0.25, -0.2) is 0 Å². The summed E-state index contributed by atoms with van der Waals surface area (Å²) in [4.78, 5) is 0. The summed E-state index contributed by atoms with van der Waals surface area (Å²) in [5.41, 5.74) is 0. The van der Waals surface area contributed by atoms with Crippen LogP contribution < -0.4 is 0 Å². The molecule has 0 saturated heterocycles. The summed E-state index contributed by atoms with van der Waals surface area (Å²) in [6.07, 6.45) is 0. The molecule has 0 aromatic heterocycles. The summed E-state index contributed by atoms with van der Waals surface area (Å²) in [6, 6.07) is 0. The van der Waals surface area contributed by atoms with Gasteiger partial charge in [-0.3, -0.25) is 0 Å². The topological polar surface area (TPSA) is 9.23 Å². The van der Waals surface area contributed by atoms with E-state index >= 15 is 0 Å². The summed E-state index contributed by atoms with van der Waals surface area (Å²) in [6.45, 7) is 0.194. The second-order valence-corrected chi connectivity index (χ2v) is 4.39. The van der Waals surface area contributed by atoms with Gasteiger partial charge in [0.15, 0.2) is 0 Å². The van der Waals surface area contributed by atoms with Crippen molar-refractivity contribution in [3.05, 3.63) is 0 Å². The number of hydrogen-bond acceptors (Lipinski definition) is 1. The Labute approximate surface area is 70.9 Å². The normalized spacial score (nSPS) is 12.0. The van der Waals surface area contributed by atoms with E-state index in [9.17, 15) is 0 Å². The Kier molecular flexibility index (Phi) is 4.46. The van der Waals surface area contributed by atoms with Crippen molar-refractivity contribution in [3.63, 3.8) is 0 Å². The minimum atomic E-state index is -1.22. The molecule has 0 N–H and O–H groups in total. The average molecular weight is 268 g/mol. The Morgan fingerprint density at radius 3 is 1.86 bits per heavy atom. The van der Waals surface area contributed by atoms with Gasteiger partial charge >= 0.3 is 71.2 Å². The average Bonchev–Trinajstić information content (AvgIpc) is 1.30. The summed E-state index contributed by atoms with van der Waals surface area (Å²) in [5, 5.41) is 0. The molecule has 0 aliphatic carbocycles. The van der Waals surface area contributed by atoms with Crippen molar-refractivity contribution < 1.29 is 3.07 Å². The molecule has 0 aliphatic rings. The molecule has 0 spiro atoms. The van der Waals surface area contributed by atoms with Crippen molar-refractivity contribution >= 4 is 57.7 Å². The van der Waals surface area contributed by atoms with E-state index in [1.165, 1.54) is 0 Å². The van der Waals surface area contributed by atoms with Crippen LogP contribution in [0.25, 0.3) is 0 Å². The summed E-state index contributed by atoms with van der Waals surface area (Å²) < 4.78 is 3.42. The molecule has 0 aromatic carbocycles. The third-order valence-electron chi connectivity index (χ3n) is 0.247. The number of rotatable bonds is 1. The number of halogens is 3. The first-order valence-electron chi connectivity index (χ1n) is 1.44. The van der Waals surface area contributed by atoms with Crippen molar-refractivity contribution in [1.82, 2.24) is 0 Å². The summed E-state index contributed by atoms with van der Waals surface area (Å²) in [7, 11) is 0. The van der Waals surface area contributed by atoms with Gasteiger partial charge in [0.1, 0.15) is 0 Å². The molecule has 0 fully saturated rings. The van der Waals surface area contributed by atoms with E-state index in [1.54, 1.807) is 0 Å². The SMILES string of the molecule is ClC(Cl)(Cl)C[O][SnH]. The zero-order chi connectivity index (χ0) is 5.91. The van der Waals surface area contributed by atoms with Gasteiger partial charge in [0.2, 0.25) is 0 Å². The molecule has 0 unspecified atom stereocenters. The molecule has 5 heteroatoms. The fourth-order valence-corrected chi connectivity index (χ4v) is 1.90. The van der Waals surface area contributed by atoms with Crippen LogP contribution in [0.4, 0.5) is 0 Å². The monoisotopic (exact) mass is 268 g/mol. The van der Waals surface area contributed by atoms with Crippen molar-refractivity contribution in [3.8, 4) is 0 Å². The molecular weight excluding hydrogens is 265 g/mol. The van der Waals surface area contributed by atoms with Gasteiger partial charge in [0.25, 0.3) is 0 Å². The minimum absolute atomic E-state index is 0.194. The van der Waals surface area contributed by atoms with Crippen molar-refractivity contribution in [2.24, 2.45) is 0 Å². The van der Waals surface area contributed by atoms with Gasteiger partial charge in [0, 0.05) is 0 Å². The molecule has 0 saturated carbocycles. The van der Waals surface area contributed by atoms with E-state index in [2.05, 4.69) is 3.07 Å². The maximum absolute atomic E-state index is 5.26. The predicted molar refractivity (Wildman–Crippen MR) is 33.4 cm³/mol. The second-order valence-electron chi connectivity index (χ2n) is 0.926. The zero-order valence-electron chi connectivity index (χ0n) is 3.33. The van der Waals surface area contributed by atoms with E-state index in [4.69, 9.17) is 34.8 Å². The van der Waals surface area contributed by atoms with Crippen LogP contribution in [0.3, 0.4) is 0 Å². The van der Waals surface area contributed by atoms with Gasteiger partial charge in [-0.1, -0.05) is 0 Å². The molecule has 0 atom stereocenters. The Morgan fingerprint density at radius 2 is 1.86 bits per heavy atom. The second kappa shape index (κ2) is 3.62. The molecule has 0 aliphatic heterocycles. The van der Waals surface area contributed by atoms with E-state index in [0.717, 1.165) is 0 Å². The molecule has 0 aromatic rings. The Morgan fingerprint density at radius 1 is 1.43 bits per heavy atom. The van der Waals surface area contributed by atoms with E-state index in [0.29, 0.717) is 22.9 Å². The van der Waals surface area contributed by atoms with Gasteiger partial charge in [-0.2, -0.15) is 0 Å². The molecule has 0 amide bonds. The Balaban J connectivity index is 3.15. The van der Waals surface area contributed by atoms with Crippen LogP contribution in [0.15, 0.2) is 0 Å². The molecule has 0 bridgehead atoms. The van der Waals surface area contributed by atoms with Crippen LogP contribution in [-0.2, 0) is 3.07 Å². The predicted octanol–water partition coefficient (Wildman–Crippen LogP) is 1.19. The van der Waals surface area contributed by atoms with Crippen LogP contribution in [0, 0.1) is 0 Å². The van der Waals surface area contributed by atoms with Gasteiger partial charge in [0.05, 0.1) is 0 Å². The zero-order valence-corrected chi connectivity index (χ0v) is 8.89. The summed E-state index contributed by atoms with van der Waals surface area (Å²) in [5.74, 6) is 0. The Hall–Kier alpha value is 1.63. The maximum atomic E-state index is 5.26. The van der Waals surface area contributed by atoms with Crippen molar-refractivity contribution in [2.45, 2.75) is 3.79 Å². The van der Waals surface area contributed by atoms with E-state index in [-0.39, 0.29) is 6.61 Å². The van der Waals surface area contributed by atoms with Crippen LogP contribution in [0.5, 0.6) is 0 Å².